The van der Waals surface area contributed by atoms with Crippen LogP contribution in [0, 0.1) is 13.8 Å². The third-order valence-corrected chi connectivity index (χ3v) is 5.19. The lowest BCUT2D eigenvalue weighted by atomic mass is 10.1. The lowest BCUT2D eigenvalue weighted by Gasteiger charge is -2.10. The maximum absolute atomic E-state index is 12.4. The molecule has 1 amide bonds. The predicted molar refractivity (Wildman–Crippen MR) is 111 cm³/mol. The number of carbonyl (C=O) groups is 2. The van der Waals surface area contributed by atoms with Crippen molar-refractivity contribution in [1.29, 1.82) is 0 Å². The summed E-state index contributed by atoms with van der Waals surface area (Å²) in [6.45, 7) is 5.51. The van der Waals surface area contributed by atoms with Crippen LogP contribution in [-0.4, -0.2) is 34.4 Å². The van der Waals surface area contributed by atoms with E-state index in [9.17, 15) is 9.59 Å². The van der Waals surface area contributed by atoms with E-state index >= 15 is 0 Å². The molecule has 2 heterocycles. The first kappa shape index (κ1) is 20.0. The van der Waals surface area contributed by atoms with Crippen molar-refractivity contribution in [3.8, 4) is 23.0 Å². The molecule has 1 aliphatic heterocycles. The third-order valence-electron chi connectivity index (χ3n) is 4.37. The number of nitrogens with zero attached hydrogens (tertiary/aromatic N) is 2. The van der Waals surface area contributed by atoms with Gasteiger partial charge in [0, 0.05) is 17.2 Å². The number of benzene rings is 2. The molecule has 30 heavy (non-hydrogen) atoms. The van der Waals surface area contributed by atoms with E-state index in [0.29, 0.717) is 28.6 Å². The molecule has 4 rings (SSSR count). The highest BCUT2D eigenvalue weighted by Gasteiger charge is 2.21. The number of nitrogens with one attached hydrogen (secondary N) is 1. The molecule has 2 aromatic carbocycles. The van der Waals surface area contributed by atoms with Gasteiger partial charge in [-0.15, -0.1) is 10.2 Å². The minimum Gasteiger partial charge on any atom is -0.454 e. The van der Waals surface area contributed by atoms with Gasteiger partial charge in [-0.3, -0.25) is 9.59 Å². The molecule has 0 radical (unpaired) electrons. The highest BCUT2D eigenvalue weighted by atomic mass is 32.2. The monoisotopic (exact) mass is 425 g/mol. The normalized spacial score (nSPS) is 12.1. The molecule has 9 heteroatoms. The Hall–Kier alpha value is -3.33. The zero-order valence-electron chi connectivity index (χ0n) is 16.6. The zero-order chi connectivity index (χ0) is 21.3. The Balaban J connectivity index is 1.43. The van der Waals surface area contributed by atoms with E-state index in [0.717, 1.165) is 28.5 Å². The Morgan fingerprint density at radius 1 is 1.03 bits per heavy atom. The minimum absolute atomic E-state index is 0.0419. The molecule has 0 fully saturated rings. The number of hydrogen-bond donors (Lipinski definition) is 1. The Morgan fingerprint density at radius 2 is 1.73 bits per heavy atom. The first-order valence-corrected chi connectivity index (χ1v) is 10.2. The average Bonchev–Trinajstić information content (AvgIpc) is 3.34. The molecule has 0 saturated carbocycles. The number of ether oxygens (including phenoxy) is 2. The molecule has 3 aromatic rings. The predicted octanol–water partition coefficient (Wildman–Crippen LogP) is 4.02. The largest absolute Gasteiger partial charge is 0.454 e. The fourth-order valence-corrected chi connectivity index (χ4v) is 3.70. The molecule has 1 aromatic heterocycles. The van der Waals surface area contributed by atoms with Crippen LogP contribution in [0.3, 0.4) is 0 Å². The van der Waals surface area contributed by atoms with E-state index in [4.69, 9.17) is 13.9 Å². The summed E-state index contributed by atoms with van der Waals surface area (Å²) in [5, 5.41) is 11.1. The molecule has 154 valence electrons. The molecule has 0 bridgehead atoms. The first-order valence-electron chi connectivity index (χ1n) is 9.18. The number of anilines is 1. The Morgan fingerprint density at radius 3 is 2.43 bits per heavy atom. The van der Waals surface area contributed by atoms with Crippen LogP contribution < -0.4 is 14.8 Å². The smallest absolute Gasteiger partial charge is 0.277 e. The maximum Gasteiger partial charge on any atom is 0.277 e. The lowest BCUT2D eigenvalue weighted by Crippen LogP contribution is -2.16. The average molecular weight is 425 g/mol. The van der Waals surface area contributed by atoms with Gasteiger partial charge in [-0.25, -0.2) is 0 Å². The Bertz CT molecular complexity index is 1120. The molecule has 0 saturated heterocycles. The Kier molecular flexibility index (Phi) is 5.45. The quantitative estimate of drug-likeness (QED) is 0.467. The lowest BCUT2D eigenvalue weighted by molar-refractivity contribution is -0.113. The van der Waals surface area contributed by atoms with Crippen molar-refractivity contribution in [1.82, 2.24) is 10.2 Å². The number of hydrogen-bond acceptors (Lipinski definition) is 8. The molecule has 0 spiro atoms. The van der Waals surface area contributed by atoms with Gasteiger partial charge in [-0.1, -0.05) is 29.0 Å². The molecule has 0 unspecified atom stereocenters. The van der Waals surface area contributed by atoms with Gasteiger partial charge in [-0.2, -0.15) is 0 Å². The summed E-state index contributed by atoms with van der Waals surface area (Å²) < 4.78 is 16.3. The van der Waals surface area contributed by atoms with Crippen LogP contribution in [0.15, 0.2) is 40.0 Å². The third kappa shape index (κ3) is 4.30. The van der Waals surface area contributed by atoms with Crippen LogP contribution in [0.1, 0.15) is 28.4 Å². The number of aryl methyl sites for hydroxylation is 2. The second-order valence-corrected chi connectivity index (χ2v) is 7.82. The van der Waals surface area contributed by atoms with Gasteiger partial charge in [0.15, 0.2) is 17.3 Å². The van der Waals surface area contributed by atoms with Gasteiger partial charge in [0.05, 0.1) is 11.4 Å². The molecule has 1 N–H and O–H groups in total. The number of thioether (sulfide) groups is 1. The summed E-state index contributed by atoms with van der Waals surface area (Å²) in [6.07, 6.45) is 0. The van der Waals surface area contributed by atoms with Crippen LogP contribution in [0.5, 0.6) is 11.5 Å². The van der Waals surface area contributed by atoms with Gasteiger partial charge in [0.2, 0.25) is 18.6 Å². The van der Waals surface area contributed by atoms with Gasteiger partial charge < -0.3 is 19.2 Å². The molecular weight excluding hydrogens is 406 g/mol. The number of Topliss-reactive ketones (excluding diaryl/α,β-unsaturated/α-hetero) is 1. The van der Waals surface area contributed by atoms with Crippen LogP contribution in [0.2, 0.25) is 0 Å². The van der Waals surface area contributed by atoms with Gasteiger partial charge in [-0.05, 0) is 39.0 Å². The van der Waals surface area contributed by atoms with E-state index in [-0.39, 0.29) is 29.5 Å². The number of aromatic nitrogens is 2. The van der Waals surface area contributed by atoms with Crippen LogP contribution in [-0.2, 0) is 4.79 Å². The van der Waals surface area contributed by atoms with Gasteiger partial charge in [0.25, 0.3) is 5.22 Å². The van der Waals surface area contributed by atoms with Crippen LogP contribution >= 0.6 is 11.8 Å². The van der Waals surface area contributed by atoms with Crippen molar-refractivity contribution in [2.45, 2.75) is 26.0 Å². The van der Waals surface area contributed by atoms with E-state index in [1.807, 2.05) is 26.0 Å². The fourth-order valence-electron chi connectivity index (χ4n) is 3.13. The topological polar surface area (TPSA) is 104 Å². The summed E-state index contributed by atoms with van der Waals surface area (Å²) in [5.74, 6) is 0.911. The van der Waals surface area contributed by atoms with Crippen molar-refractivity contribution in [3.63, 3.8) is 0 Å². The van der Waals surface area contributed by atoms with E-state index in [1.54, 1.807) is 12.1 Å². The van der Waals surface area contributed by atoms with Crippen molar-refractivity contribution in [3.05, 3.63) is 47.0 Å². The standard InChI is InChI=1S/C21H19N3O5S/c1-11-4-12(2)6-14(5-11)20-23-24-21(29-20)30-9-19(26)22-16-8-18-17(27-10-28-18)7-15(16)13(3)25/h4-8H,9-10H2,1-3H3,(H,22,26). The fraction of sp³-hybridized carbons (Fsp3) is 0.238. The minimum atomic E-state index is -0.312. The van der Waals surface area contributed by atoms with Crippen molar-refractivity contribution < 1.29 is 23.5 Å². The van der Waals surface area contributed by atoms with Crippen molar-refractivity contribution in [2.24, 2.45) is 0 Å². The number of ketones is 1. The molecule has 8 nitrogen and oxygen atoms in total. The summed E-state index contributed by atoms with van der Waals surface area (Å²) in [4.78, 5) is 24.3. The van der Waals surface area contributed by atoms with Gasteiger partial charge in [0.1, 0.15) is 0 Å². The van der Waals surface area contributed by atoms with E-state index in [2.05, 4.69) is 21.6 Å². The number of amides is 1. The molecular formula is C21H19N3O5S. The van der Waals surface area contributed by atoms with E-state index < -0.39 is 0 Å². The highest BCUT2D eigenvalue weighted by molar-refractivity contribution is 7.99. The zero-order valence-corrected chi connectivity index (χ0v) is 17.5. The summed E-state index contributed by atoms with van der Waals surface area (Å²) in [6, 6.07) is 9.15. The molecule has 0 atom stereocenters. The van der Waals surface area contributed by atoms with Crippen LogP contribution in [0.25, 0.3) is 11.5 Å². The summed E-state index contributed by atoms with van der Waals surface area (Å²) >= 11 is 1.12. The maximum atomic E-state index is 12.4. The first-order chi connectivity index (χ1) is 14.4. The SMILES string of the molecule is CC(=O)c1cc2c(cc1NC(=O)CSc1nnc(-c3cc(C)cc(C)c3)o1)OCO2. The Labute approximate surface area is 177 Å². The second-order valence-electron chi connectivity index (χ2n) is 6.89. The van der Waals surface area contributed by atoms with Crippen LogP contribution in [0.4, 0.5) is 5.69 Å². The number of carbonyl (C=O) groups excluding carboxylic acids is 2. The van der Waals surface area contributed by atoms with Crippen molar-refractivity contribution in [2.75, 3.05) is 17.9 Å². The number of rotatable bonds is 6. The van der Waals surface area contributed by atoms with Gasteiger partial charge >= 0.3 is 0 Å². The molecule has 1 aliphatic rings. The highest BCUT2D eigenvalue weighted by Crippen LogP contribution is 2.37. The summed E-state index contributed by atoms with van der Waals surface area (Å²) in [7, 11) is 0. The molecule has 0 aliphatic carbocycles. The van der Waals surface area contributed by atoms with E-state index in [1.165, 1.54) is 6.92 Å². The summed E-state index contributed by atoms with van der Waals surface area (Å²) in [5.41, 5.74) is 3.76. The number of fused-ring (bicyclic) bond motifs is 1. The second kappa shape index (κ2) is 8.19. The van der Waals surface area contributed by atoms with Crippen molar-refractivity contribution >= 4 is 29.1 Å².